The van der Waals surface area contributed by atoms with E-state index in [4.69, 9.17) is 4.74 Å². The Bertz CT molecular complexity index is 836. The standard InChI is InChI=1S/C20H22N2O4S/c1-13(23)21-15-7-5-8-16(11-15)22-19(24)12-26-20(25)18-10-14-6-3-2-4-9-17(14)27-18/h5,7-8,10-11H,2-4,6,9,12H2,1H3,(H,21,23)(H,22,24). The highest BCUT2D eigenvalue weighted by atomic mass is 32.1. The van der Waals surface area contributed by atoms with Gasteiger partial charge in [0.2, 0.25) is 5.91 Å². The van der Waals surface area contributed by atoms with E-state index in [1.54, 1.807) is 24.3 Å². The Balaban J connectivity index is 1.53. The van der Waals surface area contributed by atoms with E-state index < -0.39 is 11.9 Å². The highest BCUT2D eigenvalue weighted by Gasteiger charge is 2.18. The number of carbonyl (C=O) groups excluding carboxylic acids is 3. The molecule has 0 spiro atoms. The van der Waals surface area contributed by atoms with Crippen LogP contribution >= 0.6 is 11.3 Å². The molecular formula is C20H22N2O4S. The number of anilines is 2. The number of nitrogens with one attached hydrogen (secondary N) is 2. The molecule has 1 aliphatic rings. The Morgan fingerprint density at radius 2 is 1.78 bits per heavy atom. The molecule has 2 amide bonds. The molecule has 6 nitrogen and oxygen atoms in total. The summed E-state index contributed by atoms with van der Waals surface area (Å²) in [6, 6.07) is 8.67. The molecule has 0 saturated heterocycles. The van der Waals surface area contributed by atoms with Gasteiger partial charge < -0.3 is 15.4 Å². The first-order valence-electron chi connectivity index (χ1n) is 8.97. The first-order valence-corrected chi connectivity index (χ1v) is 9.79. The molecule has 2 aromatic rings. The summed E-state index contributed by atoms with van der Waals surface area (Å²) in [7, 11) is 0. The number of esters is 1. The van der Waals surface area contributed by atoms with E-state index in [9.17, 15) is 14.4 Å². The third-order valence-electron chi connectivity index (χ3n) is 4.25. The summed E-state index contributed by atoms with van der Waals surface area (Å²) in [6.45, 7) is 1.06. The van der Waals surface area contributed by atoms with E-state index in [0.717, 1.165) is 25.7 Å². The van der Waals surface area contributed by atoms with Crippen molar-refractivity contribution in [3.05, 3.63) is 45.6 Å². The summed E-state index contributed by atoms with van der Waals surface area (Å²) in [6.07, 6.45) is 5.55. The minimum absolute atomic E-state index is 0.193. The molecule has 1 heterocycles. The molecule has 2 N–H and O–H groups in total. The zero-order valence-electron chi connectivity index (χ0n) is 15.2. The quantitative estimate of drug-likeness (QED) is 0.605. The number of rotatable bonds is 5. The average molecular weight is 386 g/mol. The van der Waals surface area contributed by atoms with Crippen molar-refractivity contribution in [1.82, 2.24) is 0 Å². The maximum absolute atomic E-state index is 12.2. The van der Waals surface area contributed by atoms with Gasteiger partial charge in [-0.25, -0.2) is 4.79 Å². The van der Waals surface area contributed by atoms with Gasteiger partial charge in [0.05, 0.1) is 0 Å². The van der Waals surface area contributed by atoms with E-state index in [0.29, 0.717) is 16.3 Å². The zero-order valence-corrected chi connectivity index (χ0v) is 16.0. The van der Waals surface area contributed by atoms with Crippen LogP contribution in [-0.4, -0.2) is 24.4 Å². The summed E-state index contributed by atoms with van der Waals surface area (Å²) in [5, 5.41) is 5.30. The van der Waals surface area contributed by atoms with Crippen LogP contribution in [-0.2, 0) is 27.2 Å². The maximum atomic E-state index is 12.2. The van der Waals surface area contributed by atoms with Crippen LogP contribution in [0, 0.1) is 0 Å². The number of benzene rings is 1. The van der Waals surface area contributed by atoms with Crippen LogP contribution in [0.5, 0.6) is 0 Å². The average Bonchev–Trinajstić information content (AvgIpc) is 2.90. The second-order valence-electron chi connectivity index (χ2n) is 6.51. The number of amides is 2. The van der Waals surface area contributed by atoms with Crippen molar-refractivity contribution >= 4 is 40.5 Å². The number of fused-ring (bicyclic) bond motifs is 1. The molecule has 3 rings (SSSR count). The van der Waals surface area contributed by atoms with E-state index in [1.807, 2.05) is 6.07 Å². The Labute approximate surface area is 161 Å². The van der Waals surface area contributed by atoms with Gasteiger partial charge in [-0.15, -0.1) is 11.3 Å². The summed E-state index contributed by atoms with van der Waals surface area (Å²) in [5.41, 5.74) is 2.34. The SMILES string of the molecule is CC(=O)Nc1cccc(NC(=O)COC(=O)c2cc3c(s2)CCCCC3)c1. The highest BCUT2D eigenvalue weighted by molar-refractivity contribution is 7.14. The van der Waals surface area contributed by atoms with E-state index >= 15 is 0 Å². The van der Waals surface area contributed by atoms with Gasteiger partial charge in [-0.1, -0.05) is 12.5 Å². The minimum atomic E-state index is -0.463. The number of carbonyl (C=O) groups is 3. The van der Waals surface area contributed by atoms with Gasteiger partial charge in [0.25, 0.3) is 5.91 Å². The first-order chi connectivity index (χ1) is 13.0. The number of aryl methyl sites for hydroxylation is 2. The lowest BCUT2D eigenvalue weighted by Gasteiger charge is -2.08. The fraction of sp³-hybridized carbons (Fsp3) is 0.350. The molecule has 7 heteroatoms. The molecule has 1 aliphatic carbocycles. The fourth-order valence-electron chi connectivity index (χ4n) is 3.05. The van der Waals surface area contributed by atoms with Crippen molar-refractivity contribution in [2.24, 2.45) is 0 Å². The molecule has 27 heavy (non-hydrogen) atoms. The largest absolute Gasteiger partial charge is 0.451 e. The summed E-state index contributed by atoms with van der Waals surface area (Å²) in [5.74, 6) is -1.08. The predicted octanol–water partition coefficient (Wildman–Crippen LogP) is 3.77. The molecule has 0 fully saturated rings. The monoisotopic (exact) mass is 386 g/mol. The van der Waals surface area contributed by atoms with Crippen molar-refractivity contribution in [3.63, 3.8) is 0 Å². The van der Waals surface area contributed by atoms with Crippen LogP contribution in [0.25, 0.3) is 0 Å². The van der Waals surface area contributed by atoms with Crippen LogP contribution in [0.1, 0.15) is 46.3 Å². The third kappa shape index (κ3) is 5.40. The Hall–Kier alpha value is -2.67. The Morgan fingerprint density at radius 3 is 2.56 bits per heavy atom. The molecular weight excluding hydrogens is 364 g/mol. The van der Waals surface area contributed by atoms with Gasteiger partial charge in [-0.05, 0) is 55.5 Å². The van der Waals surface area contributed by atoms with Crippen LogP contribution in [0.2, 0.25) is 0 Å². The Morgan fingerprint density at radius 1 is 1.04 bits per heavy atom. The number of ether oxygens (including phenoxy) is 1. The summed E-state index contributed by atoms with van der Waals surface area (Å²) >= 11 is 1.47. The van der Waals surface area contributed by atoms with Gasteiger partial charge >= 0.3 is 5.97 Å². The van der Waals surface area contributed by atoms with Crippen LogP contribution in [0.4, 0.5) is 11.4 Å². The molecule has 0 aliphatic heterocycles. The van der Waals surface area contributed by atoms with Crippen LogP contribution in [0.3, 0.4) is 0 Å². The molecule has 0 atom stereocenters. The normalized spacial score (nSPS) is 13.2. The van der Waals surface area contributed by atoms with Gasteiger partial charge in [0, 0.05) is 23.2 Å². The van der Waals surface area contributed by atoms with Gasteiger partial charge in [-0.3, -0.25) is 9.59 Å². The zero-order chi connectivity index (χ0) is 19.2. The molecule has 1 aromatic carbocycles. The summed E-state index contributed by atoms with van der Waals surface area (Å²) in [4.78, 5) is 37.2. The first kappa shape index (κ1) is 19.1. The van der Waals surface area contributed by atoms with Gasteiger partial charge in [0.15, 0.2) is 6.61 Å². The van der Waals surface area contributed by atoms with E-state index in [2.05, 4.69) is 10.6 Å². The van der Waals surface area contributed by atoms with E-state index in [1.165, 1.54) is 35.1 Å². The lowest BCUT2D eigenvalue weighted by molar-refractivity contribution is -0.119. The van der Waals surface area contributed by atoms with Crippen LogP contribution < -0.4 is 10.6 Å². The number of hydrogen-bond acceptors (Lipinski definition) is 5. The molecule has 0 unspecified atom stereocenters. The highest BCUT2D eigenvalue weighted by Crippen LogP contribution is 2.29. The van der Waals surface area contributed by atoms with Gasteiger partial charge in [-0.2, -0.15) is 0 Å². The second kappa shape index (κ2) is 8.81. The maximum Gasteiger partial charge on any atom is 0.348 e. The fourth-order valence-corrected chi connectivity index (χ4v) is 4.19. The summed E-state index contributed by atoms with van der Waals surface area (Å²) < 4.78 is 5.16. The van der Waals surface area contributed by atoms with Crippen molar-refractivity contribution in [2.45, 2.75) is 39.0 Å². The molecule has 0 saturated carbocycles. The molecule has 1 aromatic heterocycles. The topological polar surface area (TPSA) is 84.5 Å². The molecule has 0 bridgehead atoms. The lowest BCUT2D eigenvalue weighted by atomic mass is 10.1. The van der Waals surface area contributed by atoms with Crippen molar-refractivity contribution < 1.29 is 19.1 Å². The van der Waals surface area contributed by atoms with Crippen molar-refractivity contribution in [2.75, 3.05) is 17.2 Å². The van der Waals surface area contributed by atoms with Crippen molar-refractivity contribution in [1.29, 1.82) is 0 Å². The molecule has 0 radical (unpaired) electrons. The molecule has 142 valence electrons. The second-order valence-corrected chi connectivity index (χ2v) is 7.64. The van der Waals surface area contributed by atoms with Crippen LogP contribution in [0.15, 0.2) is 30.3 Å². The predicted molar refractivity (Wildman–Crippen MR) is 105 cm³/mol. The number of hydrogen-bond donors (Lipinski definition) is 2. The minimum Gasteiger partial charge on any atom is -0.451 e. The lowest BCUT2D eigenvalue weighted by Crippen LogP contribution is -2.20. The smallest absolute Gasteiger partial charge is 0.348 e. The Kier molecular flexibility index (Phi) is 6.24. The van der Waals surface area contributed by atoms with Gasteiger partial charge in [0.1, 0.15) is 4.88 Å². The van der Waals surface area contributed by atoms with Crippen molar-refractivity contribution in [3.8, 4) is 0 Å². The third-order valence-corrected chi connectivity index (χ3v) is 5.47. The van der Waals surface area contributed by atoms with E-state index in [-0.39, 0.29) is 12.5 Å². The number of thiophene rings is 1.